The summed E-state index contributed by atoms with van der Waals surface area (Å²) in [4.78, 5) is 43.3. The van der Waals surface area contributed by atoms with Gasteiger partial charge in [0.15, 0.2) is 10.7 Å². The Labute approximate surface area is 204 Å². The molecular weight excluding hydrogens is 460 g/mol. The van der Waals surface area contributed by atoms with Crippen molar-refractivity contribution in [2.45, 2.75) is 83.9 Å². The molecule has 0 aliphatic heterocycles. The number of carbonyl (C=O) groups is 3. The lowest BCUT2D eigenvalue weighted by Gasteiger charge is -2.51. The second-order valence-corrected chi connectivity index (χ2v) is 13.6. The monoisotopic (exact) mass is 496 g/mol. The number of aromatic nitrogens is 3. The molecule has 2 aliphatic rings. The Kier molecular flexibility index (Phi) is 6.08. The first kappa shape index (κ1) is 26.3. The maximum atomic E-state index is 13.4. The van der Waals surface area contributed by atoms with E-state index in [0.29, 0.717) is 5.16 Å². The van der Waals surface area contributed by atoms with Crippen molar-refractivity contribution in [3.05, 3.63) is 6.33 Å². The number of carboxylic acids is 2. The molecule has 1 heterocycles. The Morgan fingerprint density at radius 1 is 1.09 bits per heavy atom. The van der Waals surface area contributed by atoms with Gasteiger partial charge in [-0.15, -0.1) is 0 Å². The summed E-state index contributed by atoms with van der Waals surface area (Å²) in [5, 5.41) is 30.6. The zero-order valence-corrected chi connectivity index (χ0v) is 22.0. The second kappa shape index (κ2) is 7.86. The van der Waals surface area contributed by atoms with Crippen LogP contribution in [0.5, 0.6) is 0 Å². The Morgan fingerprint density at radius 2 is 1.68 bits per heavy atom. The van der Waals surface area contributed by atoms with Crippen LogP contribution in [0.3, 0.4) is 0 Å². The first-order valence-corrected chi connectivity index (χ1v) is 12.2. The minimum atomic E-state index is -1.91. The number of aromatic amines is 1. The molecule has 1 unspecified atom stereocenters. The number of hydrogen-bond donors (Lipinski definition) is 4. The molecule has 0 radical (unpaired) electrons. The third-order valence-corrected chi connectivity index (χ3v) is 8.44. The summed E-state index contributed by atoms with van der Waals surface area (Å²) in [6, 6.07) is 0. The molecule has 6 atom stereocenters. The van der Waals surface area contributed by atoms with E-state index in [-0.39, 0.29) is 0 Å². The minimum absolute atomic E-state index is 0.469. The van der Waals surface area contributed by atoms with Crippen LogP contribution in [-0.2, 0) is 14.3 Å². The average Bonchev–Trinajstić information content (AvgIpc) is 2.95. The number of ether oxygens (including phenoxy) is 1. The number of fused-ring (bicyclic) bond motifs is 1. The maximum Gasteiger partial charge on any atom is 0.408 e. The van der Waals surface area contributed by atoms with Crippen LogP contribution >= 0.6 is 11.8 Å². The number of thioether (sulfide) groups is 1. The molecule has 1 amide bonds. The number of rotatable bonds is 5. The van der Waals surface area contributed by atoms with Gasteiger partial charge in [0.2, 0.25) is 0 Å². The van der Waals surface area contributed by atoms with Gasteiger partial charge in [-0.1, -0.05) is 53.3 Å². The van der Waals surface area contributed by atoms with Crippen molar-refractivity contribution in [3.63, 3.8) is 0 Å². The largest absolute Gasteiger partial charge is 0.481 e. The molecule has 0 aromatic carbocycles. The van der Waals surface area contributed by atoms with Gasteiger partial charge >= 0.3 is 18.0 Å². The van der Waals surface area contributed by atoms with E-state index >= 15 is 0 Å². The van der Waals surface area contributed by atoms with Gasteiger partial charge in [-0.2, -0.15) is 5.10 Å². The zero-order valence-electron chi connectivity index (χ0n) is 21.2. The Balaban J connectivity index is 2.31. The first-order chi connectivity index (χ1) is 15.3. The van der Waals surface area contributed by atoms with Crippen LogP contribution in [0.25, 0.3) is 0 Å². The van der Waals surface area contributed by atoms with Gasteiger partial charge in [-0.25, -0.2) is 14.6 Å². The standard InChI is InChI=1S/C23H36N4O6S/c1-19(2,3)14-13(34-17-24-10-25-27-17)11-12(15(28)29)22(11,20(4,5)6)23(14,16(30)31)26-18(32)33-21(7,8)9/h10-14H,1-9H3,(H,26,32)(H,28,29)(H,30,31)(H,24,25,27)/t11-,12-,13-,14?,22-,23+/m0/s1. The van der Waals surface area contributed by atoms with Gasteiger partial charge in [0.05, 0.1) is 5.92 Å². The van der Waals surface area contributed by atoms with E-state index in [0.717, 1.165) is 0 Å². The summed E-state index contributed by atoms with van der Waals surface area (Å²) in [5.74, 6) is -4.50. The lowest BCUT2D eigenvalue weighted by molar-refractivity contribution is -0.160. The van der Waals surface area contributed by atoms with Gasteiger partial charge in [-0.3, -0.25) is 9.89 Å². The smallest absolute Gasteiger partial charge is 0.408 e. The molecule has 1 aromatic rings. The predicted octanol–water partition coefficient (Wildman–Crippen LogP) is 3.65. The number of H-pyrrole nitrogens is 1. The van der Waals surface area contributed by atoms with Crippen molar-refractivity contribution in [3.8, 4) is 0 Å². The van der Waals surface area contributed by atoms with E-state index in [1.807, 2.05) is 41.5 Å². The highest BCUT2D eigenvalue weighted by Gasteiger charge is 2.92. The van der Waals surface area contributed by atoms with Crippen molar-refractivity contribution in [1.29, 1.82) is 0 Å². The van der Waals surface area contributed by atoms with Crippen LogP contribution in [0.2, 0.25) is 0 Å². The molecule has 2 saturated carbocycles. The number of hydrogen-bond acceptors (Lipinski definition) is 7. The van der Waals surface area contributed by atoms with Crippen LogP contribution in [0.4, 0.5) is 4.79 Å². The third kappa shape index (κ3) is 3.76. The fourth-order valence-corrected chi connectivity index (χ4v) is 8.40. The average molecular weight is 497 g/mol. The van der Waals surface area contributed by atoms with E-state index in [9.17, 15) is 24.6 Å². The van der Waals surface area contributed by atoms with Crippen LogP contribution < -0.4 is 5.32 Å². The zero-order chi connectivity index (χ0) is 26.1. The van der Waals surface area contributed by atoms with Crippen LogP contribution in [0.15, 0.2) is 11.5 Å². The fraction of sp³-hybridized carbons (Fsp3) is 0.783. The molecule has 1 aromatic heterocycles. The molecule has 34 heavy (non-hydrogen) atoms. The molecule has 0 saturated heterocycles. The molecule has 0 spiro atoms. The summed E-state index contributed by atoms with van der Waals surface area (Å²) in [5.41, 5.74) is -5.45. The minimum Gasteiger partial charge on any atom is -0.481 e. The molecule has 0 bridgehead atoms. The van der Waals surface area contributed by atoms with Gasteiger partial charge in [0.1, 0.15) is 11.9 Å². The molecule has 4 N–H and O–H groups in total. The van der Waals surface area contributed by atoms with Crippen molar-refractivity contribution < 1.29 is 29.3 Å². The van der Waals surface area contributed by atoms with Crippen molar-refractivity contribution in [1.82, 2.24) is 20.5 Å². The summed E-state index contributed by atoms with van der Waals surface area (Å²) in [7, 11) is 0. The number of alkyl carbamates (subject to hydrolysis) is 1. The molecule has 11 heteroatoms. The number of carboxylic acid groups (broad SMARTS) is 2. The molecule has 2 fully saturated rings. The predicted molar refractivity (Wildman–Crippen MR) is 125 cm³/mol. The normalized spacial score (nSPS) is 33.2. The van der Waals surface area contributed by atoms with Crippen LogP contribution in [-0.4, -0.2) is 59.8 Å². The van der Waals surface area contributed by atoms with Crippen molar-refractivity contribution >= 4 is 29.8 Å². The second-order valence-electron chi connectivity index (χ2n) is 12.4. The first-order valence-electron chi connectivity index (χ1n) is 11.3. The Morgan fingerprint density at radius 3 is 2.06 bits per heavy atom. The summed E-state index contributed by atoms with van der Waals surface area (Å²) in [6.45, 7) is 16.4. The van der Waals surface area contributed by atoms with E-state index in [1.54, 1.807) is 20.8 Å². The lowest BCUT2D eigenvalue weighted by atomic mass is 9.57. The number of carbonyl (C=O) groups excluding carboxylic acids is 1. The quantitative estimate of drug-likeness (QED) is 0.478. The summed E-state index contributed by atoms with van der Waals surface area (Å²) < 4.78 is 5.50. The Hall–Kier alpha value is -2.30. The highest BCUT2D eigenvalue weighted by atomic mass is 32.2. The highest BCUT2D eigenvalue weighted by Crippen LogP contribution is 2.83. The van der Waals surface area contributed by atoms with E-state index in [4.69, 9.17) is 4.74 Å². The molecule has 10 nitrogen and oxygen atoms in total. The van der Waals surface area contributed by atoms with Crippen molar-refractivity contribution in [2.24, 2.45) is 34.0 Å². The summed E-state index contributed by atoms with van der Waals surface area (Å²) >= 11 is 1.29. The number of aliphatic carboxylic acids is 2. The fourth-order valence-electron chi connectivity index (χ4n) is 6.66. The van der Waals surface area contributed by atoms with Gasteiger partial charge in [0.25, 0.3) is 0 Å². The maximum absolute atomic E-state index is 13.4. The van der Waals surface area contributed by atoms with Crippen molar-refractivity contribution in [2.75, 3.05) is 0 Å². The van der Waals surface area contributed by atoms with Crippen LogP contribution in [0, 0.1) is 34.0 Å². The molecule has 190 valence electrons. The van der Waals surface area contributed by atoms with E-state index in [1.165, 1.54) is 18.1 Å². The van der Waals surface area contributed by atoms with Crippen LogP contribution in [0.1, 0.15) is 62.3 Å². The Bertz CT molecular complexity index is 977. The van der Waals surface area contributed by atoms with Gasteiger partial charge in [-0.05, 0) is 37.5 Å². The molecule has 3 rings (SSSR count). The lowest BCUT2D eigenvalue weighted by Crippen LogP contribution is -2.70. The van der Waals surface area contributed by atoms with E-state index < -0.39 is 68.4 Å². The molecular formula is C23H36N4O6S. The summed E-state index contributed by atoms with van der Waals surface area (Å²) in [6.07, 6.45) is 0.471. The van der Waals surface area contributed by atoms with E-state index in [2.05, 4.69) is 20.5 Å². The number of nitrogens with zero attached hydrogens (tertiary/aromatic N) is 2. The van der Waals surface area contributed by atoms with Gasteiger partial charge < -0.3 is 20.3 Å². The molecule has 2 aliphatic carbocycles. The third-order valence-electron chi connectivity index (χ3n) is 7.18. The topological polar surface area (TPSA) is 154 Å². The van der Waals surface area contributed by atoms with Gasteiger partial charge in [0, 0.05) is 16.6 Å². The highest BCUT2D eigenvalue weighted by molar-refractivity contribution is 7.99. The number of amides is 1. The SMILES string of the molecule is CC(C)(C)OC(=O)N[C@@]1(C(=O)O)C(C(C)(C)C)[C@@H](Sc2ncn[nH]2)[C@@H]2[C@@H](C(=O)O)[C@]21C(C)(C)C. The number of nitrogens with one attached hydrogen (secondary N) is 2.